The molecule has 0 aliphatic carbocycles. The van der Waals surface area contributed by atoms with E-state index in [4.69, 9.17) is 10.5 Å². The summed E-state index contributed by atoms with van der Waals surface area (Å²) in [4.78, 5) is 11.3. The molecule has 4 heteroatoms. The largest absolute Gasteiger partial charge is 0.464 e. The molecule has 0 aromatic rings. The smallest absolute Gasteiger partial charge is 0.325 e. The Morgan fingerprint density at radius 1 is 1.12 bits per heavy atom. The lowest BCUT2D eigenvalue weighted by Crippen LogP contribution is -2.42. The molecule has 0 aromatic heterocycles. The first-order valence-electron chi connectivity index (χ1n) is 5.94. The van der Waals surface area contributed by atoms with Crippen LogP contribution in [-0.4, -0.2) is 18.1 Å². The van der Waals surface area contributed by atoms with Crippen molar-refractivity contribution in [1.29, 1.82) is 0 Å². The fraction of sp³-hybridized carbons (Fsp3) is 0.917. The van der Waals surface area contributed by atoms with Crippen LogP contribution in [0.3, 0.4) is 0 Å². The Hall–Kier alpha value is -0.280. The maximum absolute atomic E-state index is 11.3. The Balaban J connectivity index is 0. The van der Waals surface area contributed by atoms with Gasteiger partial charge in [0.1, 0.15) is 5.54 Å². The lowest BCUT2D eigenvalue weighted by atomic mass is 10.1. The van der Waals surface area contributed by atoms with Crippen molar-refractivity contribution < 1.29 is 9.53 Å². The second kappa shape index (κ2) is 9.91. The highest BCUT2D eigenvalue weighted by molar-refractivity contribution is 5.85. The third-order valence-corrected chi connectivity index (χ3v) is 2.26. The van der Waals surface area contributed by atoms with Crippen LogP contribution in [0.2, 0.25) is 0 Å². The first kappa shape index (κ1) is 18.1. The molecule has 0 saturated carbocycles. The SMILES string of the molecule is CCCCCCCCOC(=O)C(C)(C)N.Cl. The minimum Gasteiger partial charge on any atom is -0.464 e. The van der Waals surface area contributed by atoms with Gasteiger partial charge >= 0.3 is 5.97 Å². The topological polar surface area (TPSA) is 52.3 Å². The molecule has 3 nitrogen and oxygen atoms in total. The van der Waals surface area contributed by atoms with E-state index in [1.54, 1.807) is 13.8 Å². The van der Waals surface area contributed by atoms with Gasteiger partial charge in [-0.15, -0.1) is 12.4 Å². The van der Waals surface area contributed by atoms with E-state index in [0.29, 0.717) is 6.61 Å². The van der Waals surface area contributed by atoms with E-state index in [9.17, 15) is 4.79 Å². The Morgan fingerprint density at radius 2 is 1.62 bits per heavy atom. The molecule has 0 saturated heterocycles. The number of nitrogens with two attached hydrogens (primary N) is 1. The zero-order valence-corrected chi connectivity index (χ0v) is 11.6. The summed E-state index contributed by atoms with van der Waals surface area (Å²) in [5, 5.41) is 0. The van der Waals surface area contributed by atoms with Gasteiger partial charge in [0.25, 0.3) is 0 Å². The minimum atomic E-state index is -0.859. The van der Waals surface area contributed by atoms with E-state index >= 15 is 0 Å². The normalized spacial score (nSPS) is 10.8. The zero-order valence-electron chi connectivity index (χ0n) is 10.8. The molecular formula is C12H26ClNO2. The van der Waals surface area contributed by atoms with Gasteiger partial charge in [-0.25, -0.2) is 0 Å². The van der Waals surface area contributed by atoms with Crippen molar-refractivity contribution in [2.45, 2.75) is 64.8 Å². The maximum Gasteiger partial charge on any atom is 0.325 e. The number of hydrogen-bond acceptors (Lipinski definition) is 3. The Bertz CT molecular complexity index is 178. The number of carbonyl (C=O) groups excluding carboxylic acids is 1. The summed E-state index contributed by atoms with van der Waals surface area (Å²) in [6.45, 7) is 6.03. The van der Waals surface area contributed by atoms with Gasteiger partial charge < -0.3 is 10.5 Å². The second-order valence-electron chi connectivity index (χ2n) is 4.63. The van der Waals surface area contributed by atoms with E-state index in [1.807, 2.05) is 0 Å². The summed E-state index contributed by atoms with van der Waals surface area (Å²) in [7, 11) is 0. The number of carbonyl (C=O) groups is 1. The van der Waals surface area contributed by atoms with Crippen molar-refractivity contribution in [2.75, 3.05) is 6.61 Å². The zero-order chi connectivity index (χ0) is 11.7. The average Bonchev–Trinajstić information content (AvgIpc) is 2.14. The third kappa shape index (κ3) is 10.2. The Kier molecular flexibility index (Phi) is 11.2. The maximum atomic E-state index is 11.3. The predicted octanol–water partition coefficient (Wildman–Crippen LogP) is 3.05. The van der Waals surface area contributed by atoms with Crippen LogP contribution < -0.4 is 5.73 Å². The van der Waals surface area contributed by atoms with Gasteiger partial charge in [-0.1, -0.05) is 39.0 Å². The average molecular weight is 252 g/mol. The fourth-order valence-electron chi connectivity index (χ4n) is 1.23. The molecular weight excluding hydrogens is 226 g/mol. The van der Waals surface area contributed by atoms with Gasteiger partial charge in [0.2, 0.25) is 0 Å². The minimum absolute atomic E-state index is 0. The van der Waals surface area contributed by atoms with E-state index in [2.05, 4.69) is 6.92 Å². The standard InChI is InChI=1S/C12H25NO2.ClH/c1-4-5-6-7-8-9-10-15-11(14)12(2,3)13;/h4-10,13H2,1-3H3;1H. The van der Waals surface area contributed by atoms with Crippen LogP contribution in [0, 0.1) is 0 Å². The predicted molar refractivity (Wildman–Crippen MR) is 69.8 cm³/mol. The molecule has 0 amide bonds. The lowest BCUT2D eigenvalue weighted by molar-refractivity contribution is -0.148. The van der Waals surface area contributed by atoms with Crippen molar-refractivity contribution in [3.05, 3.63) is 0 Å². The molecule has 0 aliphatic heterocycles. The highest BCUT2D eigenvalue weighted by Crippen LogP contribution is 2.06. The van der Waals surface area contributed by atoms with Crippen molar-refractivity contribution in [2.24, 2.45) is 5.73 Å². The van der Waals surface area contributed by atoms with Crippen molar-refractivity contribution in [3.63, 3.8) is 0 Å². The first-order chi connectivity index (χ1) is 6.98. The molecule has 98 valence electrons. The Morgan fingerprint density at radius 3 is 2.12 bits per heavy atom. The van der Waals surface area contributed by atoms with Crippen molar-refractivity contribution in [1.82, 2.24) is 0 Å². The summed E-state index contributed by atoms with van der Waals surface area (Å²) in [6.07, 6.45) is 7.17. The molecule has 0 unspecified atom stereocenters. The van der Waals surface area contributed by atoms with Crippen LogP contribution in [-0.2, 0) is 9.53 Å². The number of hydrogen-bond donors (Lipinski definition) is 1. The number of unbranched alkanes of at least 4 members (excludes halogenated alkanes) is 5. The molecule has 0 rings (SSSR count). The molecule has 0 radical (unpaired) electrons. The number of halogens is 1. The van der Waals surface area contributed by atoms with Crippen LogP contribution in [0.1, 0.15) is 59.3 Å². The summed E-state index contributed by atoms with van der Waals surface area (Å²) >= 11 is 0. The quantitative estimate of drug-likeness (QED) is 0.533. The van der Waals surface area contributed by atoms with E-state index in [-0.39, 0.29) is 18.4 Å². The van der Waals surface area contributed by atoms with Crippen LogP contribution >= 0.6 is 12.4 Å². The summed E-state index contributed by atoms with van der Waals surface area (Å²) in [5.74, 6) is -0.309. The van der Waals surface area contributed by atoms with Gasteiger partial charge in [-0.3, -0.25) is 4.79 Å². The molecule has 16 heavy (non-hydrogen) atoms. The molecule has 0 spiro atoms. The summed E-state index contributed by atoms with van der Waals surface area (Å²) in [5.41, 5.74) is 4.73. The summed E-state index contributed by atoms with van der Waals surface area (Å²) < 4.78 is 5.05. The van der Waals surface area contributed by atoms with Crippen LogP contribution in [0.5, 0.6) is 0 Å². The first-order valence-corrected chi connectivity index (χ1v) is 5.94. The van der Waals surface area contributed by atoms with E-state index < -0.39 is 5.54 Å². The highest BCUT2D eigenvalue weighted by Gasteiger charge is 2.23. The number of rotatable bonds is 8. The monoisotopic (exact) mass is 251 g/mol. The van der Waals surface area contributed by atoms with Crippen LogP contribution in [0.25, 0.3) is 0 Å². The van der Waals surface area contributed by atoms with Gasteiger partial charge in [0.05, 0.1) is 6.61 Å². The van der Waals surface area contributed by atoms with Gasteiger partial charge in [-0.05, 0) is 20.3 Å². The van der Waals surface area contributed by atoms with Gasteiger partial charge in [0.15, 0.2) is 0 Å². The van der Waals surface area contributed by atoms with E-state index in [1.165, 1.54) is 25.7 Å². The second-order valence-corrected chi connectivity index (χ2v) is 4.63. The molecule has 0 bridgehead atoms. The van der Waals surface area contributed by atoms with Gasteiger partial charge in [0, 0.05) is 0 Å². The molecule has 0 heterocycles. The molecule has 0 fully saturated rings. The number of esters is 1. The van der Waals surface area contributed by atoms with Crippen LogP contribution in [0.15, 0.2) is 0 Å². The molecule has 2 N–H and O–H groups in total. The molecule has 0 aromatic carbocycles. The number of ether oxygens (including phenoxy) is 1. The fourth-order valence-corrected chi connectivity index (χ4v) is 1.23. The van der Waals surface area contributed by atoms with Crippen molar-refractivity contribution >= 4 is 18.4 Å². The third-order valence-electron chi connectivity index (χ3n) is 2.26. The molecule has 0 aliphatic rings. The van der Waals surface area contributed by atoms with Gasteiger partial charge in [-0.2, -0.15) is 0 Å². The van der Waals surface area contributed by atoms with Crippen molar-refractivity contribution in [3.8, 4) is 0 Å². The van der Waals surface area contributed by atoms with Crippen LogP contribution in [0.4, 0.5) is 0 Å². The highest BCUT2D eigenvalue weighted by atomic mass is 35.5. The van der Waals surface area contributed by atoms with E-state index in [0.717, 1.165) is 12.8 Å². The lowest BCUT2D eigenvalue weighted by Gasteiger charge is -2.16. The summed E-state index contributed by atoms with van der Waals surface area (Å²) in [6, 6.07) is 0. The molecule has 0 atom stereocenters. The Labute approximate surface area is 106 Å².